The molecule has 3 rings (SSSR count). The van der Waals surface area contributed by atoms with E-state index in [-0.39, 0.29) is 6.04 Å². The third kappa shape index (κ3) is 2.07. The minimum absolute atomic E-state index is 0.191. The summed E-state index contributed by atoms with van der Waals surface area (Å²) < 4.78 is 7.65. The molecule has 0 bridgehead atoms. The summed E-state index contributed by atoms with van der Waals surface area (Å²) in [4.78, 5) is 8.86. The first-order valence-corrected chi connectivity index (χ1v) is 7.90. The molecule has 2 aromatic rings. The van der Waals surface area contributed by atoms with Crippen LogP contribution < -0.4 is 0 Å². The summed E-state index contributed by atoms with van der Waals surface area (Å²) in [5.41, 5.74) is 1.48. The Morgan fingerprint density at radius 2 is 2.40 bits per heavy atom. The van der Waals surface area contributed by atoms with Crippen molar-refractivity contribution in [1.82, 2.24) is 14.5 Å². The highest BCUT2D eigenvalue weighted by Crippen LogP contribution is 2.33. The summed E-state index contributed by atoms with van der Waals surface area (Å²) in [5, 5.41) is 11.0. The maximum atomic E-state index is 9.40. The zero-order chi connectivity index (χ0) is 14.1. The molecule has 1 aliphatic rings. The van der Waals surface area contributed by atoms with Crippen molar-refractivity contribution in [3.8, 4) is 6.07 Å². The fraction of sp³-hybridized carbons (Fsp3) is 0.500. The molecule has 3 heterocycles. The van der Waals surface area contributed by atoms with Crippen molar-refractivity contribution >= 4 is 22.8 Å². The Bertz CT molecular complexity index is 676. The second-order valence-electron chi connectivity index (χ2n) is 4.92. The summed E-state index contributed by atoms with van der Waals surface area (Å²) >= 11 is 1.51. The lowest BCUT2D eigenvalue weighted by molar-refractivity contribution is 0.180. The minimum Gasteiger partial charge on any atom is -0.379 e. The van der Waals surface area contributed by atoms with Crippen LogP contribution in [0.3, 0.4) is 0 Å². The molecular formula is C14H16N4OS. The van der Waals surface area contributed by atoms with E-state index in [2.05, 4.69) is 23.0 Å². The zero-order valence-corrected chi connectivity index (χ0v) is 12.4. The Labute approximate surface area is 122 Å². The smallest absolute Gasteiger partial charge is 0.189 e. The van der Waals surface area contributed by atoms with Gasteiger partial charge in [0.15, 0.2) is 5.16 Å². The lowest BCUT2D eigenvalue weighted by atomic mass is 10.0. The summed E-state index contributed by atoms with van der Waals surface area (Å²) in [6.07, 6.45) is 4.78. The number of hydrogen-bond acceptors (Lipinski definition) is 5. The lowest BCUT2D eigenvalue weighted by Crippen LogP contribution is -2.19. The molecule has 0 saturated carbocycles. The first-order valence-electron chi connectivity index (χ1n) is 6.68. The van der Waals surface area contributed by atoms with Crippen LogP contribution in [0.15, 0.2) is 17.4 Å². The Morgan fingerprint density at radius 3 is 3.10 bits per heavy atom. The Hall–Kier alpha value is -1.58. The van der Waals surface area contributed by atoms with Crippen LogP contribution >= 0.6 is 11.8 Å². The van der Waals surface area contributed by atoms with Crippen molar-refractivity contribution in [1.29, 1.82) is 5.26 Å². The van der Waals surface area contributed by atoms with Crippen LogP contribution in [-0.4, -0.2) is 34.0 Å². The van der Waals surface area contributed by atoms with E-state index in [4.69, 9.17) is 4.74 Å². The molecule has 0 N–H and O–H groups in total. The van der Waals surface area contributed by atoms with Crippen molar-refractivity contribution in [2.24, 2.45) is 5.92 Å². The highest BCUT2D eigenvalue weighted by Gasteiger charge is 2.31. The van der Waals surface area contributed by atoms with Crippen LogP contribution in [0.1, 0.15) is 25.1 Å². The molecule has 0 amide bonds. The van der Waals surface area contributed by atoms with Crippen LogP contribution in [0.5, 0.6) is 0 Å². The van der Waals surface area contributed by atoms with Gasteiger partial charge < -0.3 is 9.30 Å². The monoisotopic (exact) mass is 288 g/mol. The highest BCUT2D eigenvalue weighted by molar-refractivity contribution is 7.98. The van der Waals surface area contributed by atoms with Gasteiger partial charge in [-0.3, -0.25) is 0 Å². The summed E-state index contributed by atoms with van der Waals surface area (Å²) in [6, 6.07) is 4.33. The zero-order valence-electron chi connectivity index (χ0n) is 11.5. The topological polar surface area (TPSA) is 63.7 Å². The third-order valence-electron chi connectivity index (χ3n) is 3.87. The van der Waals surface area contributed by atoms with Gasteiger partial charge in [0.1, 0.15) is 17.4 Å². The van der Waals surface area contributed by atoms with E-state index >= 15 is 0 Å². The Balaban J connectivity index is 2.19. The van der Waals surface area contributed by atoms with Crippen LogP contribution in [-0.2, 0) is 4.74 Å². The Kier molecular flexibility index (Phi) is 3.64. The van der Waals surface area contributed by atoms with E-state index in [0.717, 1.165) is 29.2 Å². The number of rotatable bonds is 3. The van der Waals surface area contributed by atoms with Gasteiger partial charge in [0.25, 0.3) is 0 Å². The van der Waals surface area contributed by atoms with Gasteiger partial charge in [-0.2, -0.15) is 5.26 Å². The van der Waals surface area contributed by atoms with Gasteiger partial charge in [0.2, 0.25) is 0 Å². The van der Waals surface area contributed by atoms with E-state index in [1.807, 2.05) is 16.9 Å². The second kappa shape index (κ2) is 5.43. The number of aromatic nitrogens is 3. The molecule has 2 aromatic heterocycles. The third-order valence-corrected chi connectivity index (χ3v) is 4.43. The van der Waals surface area contributed by atoms with Gasteiger partial charge in [0, 0.05) is 17.5 Å². The maximum absolute atomic E-state index is 9.40. The van der Waals surface area contributed by atoms with E-state index < -0.39 is 0 Å². The number of nitriles is 1. The van der Waals surface area contributed by atoms with Gasteiger partial charge in [-0.25, -0.2) is 9.97 Å². The number of fused-ring (bicyclic) bond motifs is 1. The van der Waals surface area contributed by atoms with Crippen molar-refractivity contribution in [3.05, 3.63) is 18.0 Å². The predicted molar refractivity (Wildman–Crippen MR) is 77.7 cm³/mol. The largest absolute Gasteiger partial charge is 0.379 e. The van der Waals surface area contributed by atoms with Gasteiger partial charge >= 0.3 is 0 Å². The van der Waals surface area contributed by atoms with E-state index in [0.29, 0.717) is 18.2 Å². The number of nitrogens with zero attached hydrogens (tertiary/aromatic N) is 4. The molecule has 20 heavy (non-hydrogen) atoms. The SMILES string of the molecule is CCC1COCC1n1c(C#N)cc2cnc(SC)nc21. The van der Waals surface area contributed by atoms with Crippen LogP contribution in [0.2, 0.25) is 0 Å². The van der Waals surface area contributed by atoms with Gasteiger partial charge in [-0.1, -0.05) is 18.7 Å². The van der Waals surface area contributed by atoms with Gasteiger partial charge in [-0.15, -0.1) is 0 Å². The molecule has 2 unspecified atom stereocenters. The van der Waals surface area contributed by atoms with Crippen LogP contribution in [0.25, 0.3) is 11.0 Å². The summed E-state index contributed by atoms with van der Waals surface area (Å²) in [7, 11) is 0. The fourth-order valence-corrected chi connectivity index (χ4v) is 3.11. The molecular weight excluding hydrogens is 272 g/mol. The van der Waals surface area contributed by atoms with Gasteiger partial charge in [-0.05, 0) is 18.7 Å². The molecule has 0 aliphatic carbocycles. The average molecular weight is 288 g/mol. The Morgan fingerprint density at radius 1 is 1.55 bits per heavy atom. The maximum Gasteiger partial charge on any atom is 0.189 e. The molecule has 1 fully saturated rings. The first kappa shape index (κ1) is 13.4. The first-order chi connectivity index (χ1) is 9.78. The molecule has 6 heteroatoms. The normalized spacial score (nSPS) is 22.2. The number of thioether (sulfide) groups is 1. The van der Waals surface area contributed by atoms with Crippen LogP contribution in [0.4, 0.5) is 0 Å². The molecule has 0 spiro atoms. The highest BCUT2D eigenvalue weighted by atomic mass is 32.2. The molecule has 1 saturated heterocycles. The molecule has 104 valence electrons. The molecule has 0 aromatic carbocycles. The summed E-state index contributed by atoms with van der Waals surface area (Å²) in [5.74, 6) is 0.436. The van der Waals surface area contributed by atoms with Crippen molar-refractivity contribution < 1.29 is 4.74 Å². The van der Waals surface area contributed by atoms with E-state index in [1.54, 1.807) is 6.20 Å². The predicted octanol–water partition coefficient (Wildman–Crippen LogP) is 2.62. The lowest BCUT2D eigenvalue weighted by Gasteiger charge is -2.19. The van der Waals surface area contributed by atoms with E-state index in [1.165, 1.54) is 11.8 Å². The quantitative estimate of drug-likeness (QED) is 0.641. The van der Waals surface area contributed by atoms with Gasteiger partial charge in [0.05, 0.1) is 19.3 Å². The van der Waals surface area contributed by atoms with E-state index in [9.17, 15) is 5.26 Å². The fourth-order valence-electron chi connectivity index (χ4n) is 2.78. The summed E-state index contributed by atoms with van der Waals surface area (Å²) in [6.45, 7) is 3.56. The van der Waals surface area contributed by atoms with Crippen LogP contribution in [0, 0.1) is 17.2 Å². The molecule has 1 aliphatic heterocycles. The van der Waals surface area contributed by atoms with Crippen molar-refractivity contribution in [3.63, 3.8) is 0 Å². The molecule has 0 radical (unpaired) electrons. The second-order valence-corrected chi connectivity index (χ2v) is 5.69. The standard InChI is InChI=1S/C14H16N4OS/c1-3-9-7-19-8-12(9)18-11(5-15)4-10-6-16-14(20-2)17-13(10)18/h4,6,9,12H,3,7-8H2,1-2H3. The van der Waals surface area contributed by atoms with Crippen molar-refractivity contribution in [2.75, 3.05) is 19.5 Å². The molecule has 5 nitrogen and oxygen atoms in total. The number of hydrogen-bond donors (Lipinski definition) is 0. The van der Waals surface area contributed by atoms with Crippen molar-refractivity contribution in [2.45, 2.75) is 24.5 Å². The minimum atomic E-state index is 0.191. The molecule has 2 atom stereocenters. The average Bonchev–Trinajstić information content (AvgIpc) is 3.08. The number of ether oxygens (including phenoxy) is 1.